The highest BCUT2D eigenvalue weighted by Crippen LogP contribution is 2.30. The highest BCUT2D eigenvalue weighted by molar-refractivity contribution is 6.35. The molecule has 4 rings (SSSR count). The number of para-hydroxylation sites is 1. The van der Waals surface area contributed by atoms with Crippen molar-refractivity contribution in [1.29, 1.82) is 0 Å². The van der Waals surface area contributed by atoms with Crippen molar-refractivity contribution in [1.82, 2.24) is 10.4 Å². The predicted molar refractivity (Wildman–Crippen MR) is 129 cm³/mol. The molecule has 1 aliphatic heterocycles. The molecule has 1 heterocycles. The van der Waals surface area contributed by atoms with Gasteiger partial charge in [-0.25, -0.2) is 15.2 Å². The maximum absolute atomic E-state index is 12.4. The van der Waals surface area contributed by atoms with Crippen molar-refractivity contribution in [3.05, 3.63) is 95.0 Å². The Morgan fingerprint density at radius 2 is 1.73 bits per heavy atom. The Labute approximate surface area is 198 Å². The number of nitrogens with zero attached hydrogens (tertiary/aromatic N) is 3. The van der Waals surface area contributed by atoms with E-state index in [1.165, 1.54) is 0 Å². The Kier molecular flexibility index (Phi) is 7.12. The molecule has 0 saturated heterocycles. The van der Waals surface area contributed by atoms with Gasteiger partial charge in [-0.05, 0) is 54.4 Å². The highest BCUT2D eigenvalue weighted by Gasteiger charge is 2.32. The van der Waals surface area contributed by atoms with E-state index >= 15 is 0 Å². The molecule has 0 spiro atoms. The van der Waals surface area contributed by atoms with Crippen LogP contribution in [0.2, 0.25) is 5.02 Å². The summed E-state index contributed by atoms with van der Waals surface area (Å²) in [5, 5.41) is 8.67. The molecule has 1 aliphatic rings. The van der Waals surface area contributed by atoms with Crippen LogP contribution in [0.1, 0.15) is 24.2 Å². The zero-order chi connectivity index (χ0) is 23.2. The summed E-state index contributed by atoms with van der Waals surface area (Å²) in [6, 6.07) is 25.0. The smallest absolute Gasteiger partial charge is 0.377 e. The number of carbonyl (C=O) groups is 1. The van der Waals surface area contributed by atoms with Crippen LogP contribution in [0.15, 0.2) is 84.0 Å². The lowest BCUT2D eigenvalue weighted by molar-refractivity contribution is -0.136. The number of esters is 1. The molecule has 0 amide bonds. The number of hydrazine groups is 1. The van der Waals surface area contributed by atoms with Gasteiger partial charge in [-0.2, -0.15) is 0 Å². The molecular weight excluding hydrogens is 440 g/mol. The van der Waals surface area contributed by atoms with Gasteiger partial charge >= 0.3 is 5.97 Å². The molecule has 1 atom stereocenters. The van der Waals surface area contributed by atoms with Crippen LogP contribution in [0.4, 0.5) is 5.69 Å². The Morgan fingerprint density at radius 1 is 1.03 bits per heavy atom. The molecule has 3 aromatic carbocycles. The number of hydrogen-bond donors (Lipinski definition) is 1. The van der Waals surface area contributed by atoms with E-state index in [2.05, 4.69) is 10.5 Å². The number of halogens is 1. The topological polar surface area (TPSA) is 66.4 Å². The third-order valence-corrected chi connectivity index (χ3v) is 5.33. The van der Waals surface area contributed by atoms with Gasteiger partial charge in [0.05, 0.1) is 12.3 Å². The second-order valence-electron chi connectivity index (χ2n) is 7.40. The minimum atomic E-state index is -0.488. The minimum Gasteiger partial charge on any atom is -0.489 e. The summed E-state index contributed by atoms with van der Waals surface area (Å²) in [6.45, 7) is 2.49. The summed E-state index contributed by atoms with van der Waals surface area (Å²) in [4.78, 5) is 12.4. The summed E-state index contributed by atoms with van der Waals surface area (Å²) in [5.41, 5.74) is 6.16. The Morgan fingerprint density at radius 3 is 2.39 bits per heavy atom. The molecule has 170 valence electrons. The lowest BCUT2D eigenvalue weighted by Crippen LogP contribution is -2.55. The standard InChI is InChI=1S/C25H25ClN4O3/c1-3-32-25(31)24-28-30(21-7-5-4-6-8-21)23(27-29(24)2)19-11-15-22(16-12-19)33-17-18-9-13-20(26)14-10-18/h4-16,23,27H,3,17H2,1-2H3/t23-/m1/s1. The van der Waals surface area contributed by atoms with Crippen molar-refractivity contribution < 1.29 is 14.3 Å². The fourth-order valence-electron chi connectivity index (χ4n) is 3.40. The van der Waals surface area contributed by atoms with Crippen LogP contribution in [0.5, 0.6) is 5.75 Å². The maximum Gasteiger partial charge on any atom is 0.377 e. The van der Waals surface area contributed by atoms with E-state index in [-0.39, 0.29) is 18.6 Å². The van der Waals surface area contributed by atoms with E-state index in [0.717, 1.165) is 22.6 Å². The summed E-state index contributed by atoms with van der Waals surface area (Å²) < 4.78 is 11.1. The summed E-state index contributed by atoms with van der Waals surface area (Å²) in [5.74, 6) is 0.442. The second kappa shape index (κ2) is 10.4. The molecule has 1 N–H and O–H groups in total. The molecule has 33 heavy (non-hydrogen) atoms. The zero-order valence-corrected chi connectivity index (χ0v) is 19.2. The first-order chi connectivity index (χ1) is 16.0. The number of hydrogen-bond acceptors (Lipinski definition) is 7. The number of amidine groups is 1. The first-order valence-electron chi connectivity index (χ1n) is 10.6. The second-order valence-corrected chi connectivity index (χ2v) is 7.84. The number of benzene rings is 3. The van der Waals surface area contributed by atoms with E-state index < -0.39 is 5.97 Å². The normalized spacial score (nSPS) is 15.7. The lowest BCUT2D eigenvalue weighted by Gasteiger charge is -2.39. The fourth-order valence-corrected chi connectivity index (χ4v) is 3.52. The molecule has 0 bridgehead atoms. The Hall–Kier alpha value is -3.55. The Bertz CT molecular complexity index is 1100. The number of anilines is 1. The molecule has 3 aromatic rings. The summed E-state index contributed by atoms with van der Waals surface area (Å²) in [6.07, 6.45) is -0.333. The molecule has 0 aromatic heterocycles. The average molecular weight is 465 g/mol. The van der Waals surface area contributed by atoms with Crippen molar-refractivity contribution in [3.8, 4) is 5.75 Å². The van der Waals surface area contributed by atoms with Crippen molar-refractivity contribution in [2.24, 2.45) is 5.10 Å². The number of likely N-dealkylation sites (N-methyl/N-ethyl adjacent to an activating group) is 1. The third kappa shape index (κ3) is 5.45. The molecule has 0 unspecified atom stereocenters. The first-order valence-corrected chi connectivity index (χ1v) is 11.0. The number of carbonyl (C=O) groups excluding carboxylic acids is 1. The first kappa shape index (κ1) is 22.6. The van der Waals surface area contributed by atoms with E-state index in [9.17, 15) is 4.79 Å². The number of ether oxygens (including phenoxy) is 2. The van der Waals surface area contributed by atoms with Crippen LogP contribution in [-0.4, -0.2) is 30.5 Å². The summed E-state index contributed by atoms with van der Waals surface area (Å²) >= 11 is 5.94. The molecular formula is C25H25ClN4O3. The molecule has 0 fully saturated rings. The predicted octanol–water partition coefficient (Wildman–Crippen LogP) is 4.75. The third-order valence-electron chi connectivity index (χ3n) is 5.07. The van der Waals surface area contributed by atoms with Crippen molar-refractivity contribution in [3.63, 3.8) is 0 Å². The van der Waals surface area contributed by atoms with Crippen LogP contribution in [-0.2, 0) is 16.1 Å². The Balaban J connectivity index is 1.55. The fraction of sp³-hybridized carbons (Fsp3) is 0.200. The van der Waals surface area contributed by atoms with Gasteiger partial charge in [-0.15, -0.1) is 5.10 Å². The molecule has 8 heteroatoms. The van der Waals surface area contributed by atoms with Gasteiger partial charge in [0.1, 0.15) is 18.5 Å². The van der Waals surface area contributed by atoms with E-state index in [4.69, 9.17) is 21.1 Å². The van der Waals surface area contributed by atoms with Crippen molar-refractivity contribution in [2.75, 3.05) is 18.7 Å². The van der Waals surface area contributed by atoms with Gasteiger partial charge < -0.3 is 9.47 Å². The highest BCUT2D eigenvalue weighted by atomic mass is 35.5. The lowest BCUT2D eigenvalue weighted by atomic mass is 10.1. The molecule has 7 nitrogen and oxygen atoms in total. The van der Waals surface area contributed by atoms with Crippen LogP contribution < -0.4 is 15.2 Å². The molecule has 0 saturated carbocycles. The van der Waals surface area contributed by atoms with E-state index in [1.54, 1.807) is 24.0 Å². The van der Waals surface area contributed by atoms with Gasteiger partial charge in [0.2, 0.25) is 5.84 Å². The maximum atomic E-state index is 12.4. The van der Waals surface area contributed by atoms with Crippen molar-refractivity contribution >= 4 is 29.1 Å². The van der Waals surface area contributed by atoms with Crippen LogP contribution in [0.25, 0.3) is 0 Å². The van der Waals surface area contributed by atoms with E-state index in [0.29, 0.717) is 11.6 Å². The zero-order valence-electron chi connectivity index (χ0n) is 18.4. The van der Waals surface area contributed by atoms with Gasteiger partial charge in [0.15, 0.2) is 0 Å². The van der Waals surface area contributed by atoms with Gasteiger partial charge in [-0.3, -0.25) is 5.01 Å². The number of rotatable bonds is 7. The molecule has 0 radical (unpaired) electrons. The number of hydrazone groups is 1. The van der Waals surface area contributed by atoms with Gasteiger partial charge in [0, 0.05) is 12.1 Å². The van der Waals surface area contributed by atoms with Gasteiger partial charge in [-0.1, -0.05) is 54.1 Å². The minimum absolute atomic E-state index is 0.180. The van der Waals surface area contributed by atoms with E-state index in [1.807, 2.05) is 78.9 Å². The average Bonchev–Trinajstić information content (AvgIpc) is 2.84. The van der Waals surface area contributed by atoms with Gasteiger partial charge in [0.25, 0.3) is 0 Å². The van der Waals surface area contributed by atoms with Crippen LogP contribution in [0.3, 0.4) is 0 Å². The van der Waals surface area contributed by atoms with Crippen LogP contribution in [0, 0.1) is 0 Å². The monoisotopic (exact) mass is 464 g/mol. The SMILES string of the molecule is CCOC(=O)C1=NN(c2ccccc2)[C@H](c2ccc(OCc3ccc(Cl)cc3)cc2)NN1C. The molecule has 0 aliphatic carbocycles. The van der Waals surface area contributed by atoms with Crippen LogP contribution >= 0.6 is 11.6 Å². The van der Waals surface area contributed by atoms with Crippen molar-refractivity contribution in [2.45, 2.75) is 19.7 Å². The number of nitrogens with one attached hydrogen (secondary N) is 1. The quantitative estimate of drug-likeness (QED) is 0.509. The largest absolute Gasteiger partial charge is 0.489 e. The summed E-state index contributed by atoms with van der Waals surface area (Å²) in [7, 11) is 1.74.